The van der Waals surface area contributed by atoms with Gasteiger partial charge in [-0.15, -0.1) is 11.3 Å². The van der Waals surface area contributed by atoms with Gasteiger partial charge >= 0.3 is 0 Å². The lowest BCUT2D eigenvalue weighted by Gasteiger charge is -2.04. The highest BCUT2D eigenvalue weighted by molar-refractivity contribution is 7.26. The van der Waals surface area contributed by atoms with Gasteiger partial charge in [0.1, 0.15) is 0 Å². The van der Waals surface area contributed by atoms with Crippen LogP contribution in [0.15, 0.2) is 66.7 Å². The summed E-state index contributed by atoms with van der Waals surface area (Å²) < 4.78 is 2.66. The Kier molecular flexibility index (Phi) is 2.51. The van der Waals surface area contributed by atoms with Crippen LogP contribution in [0.5, 0.6) is 0 Å². The van der Waals surface area contributed by atoms with E-state index in [4.69, 9.17) is 5.73 Å². The summed E-state index contributed by atoms with van der Waals surface area (Å²) in [5.41, 5.74) is 9.17. The maximum atomic E-state index is 5.92. The van der Waals surface area contributed by atoms with E-state index in [9.17, 15) is 0 Å². The maximum Gasteiger partial charge on any atom is 0.0433 e. The van der Waals surface area contributed by atoms with Gasteiger partial charge in [-0.2, -0.15) is 0 Å². The Morgan fingerprint density at radius 1 is 0.750 bits per heavy atom. The lowest BCUT2D eigenvalue weighted by Crippen LogP contribution is -1.85. The summed E-state index contributed by atoms with van der Waals surface area (Å²) in [6, 6.07) is 23.2. The molecule has 4 rings (SSSR count). The normalized spacial score (nSPS) is 11.2. The standard InChI is InChI=1S/C18H13NS/c19-13-6-3-5-12(11-13)14-8-4-9-16-15-7-1-2-10-17(15)20-18(14)16/h1-11H,19H2. The highest BCUT2D eigenvalue weighted by Crippen LogP contribution is 2.39. The fraction of sp³-hybridized carbons (Fsp3) is 0. The van der Waals surface area contributed by atoms with Crippen LogP contribution in [-0.2, 0) is 0 Å². The number of fused-ring (bicyclic) bond motifs is 3. The zero-order valence-corrected chi connectivity index (χ0v) is 11.7. The molecule has 0 saturated heterocycles. The third-order valence-electron chi connectivity index (χ3n) is 3.60. The highest BCUT2D eigenvalue weighted by atomic mass is 32.1. The molecular formula is C18H13NS. The first-order valence-corrected chi connectivity index (χ1v) is 7.41. The van der Waals surface area contributed by atoms with E-state index in [1.165, 1.54) is 31.3 Å². The van der Waals surface area contributed by atoms with Crippen molar-refractivity contribution in [3.05, 3.63) is 66.7 Å². The fourth-order valence-electron chi connectivity index (χ4n) is 2.68. The summed E-state index contributed by atoms with van der Waals surface area (Å²) in [6.45, 7) is 0. The van der Waals surface area contributed by atoms with Crippen LogP contribution in [0.25, 0.3) is 31.3 Å². The van der Waals surface area contributed by atoms with E-state index >= 15 is 0 Å². The van der Waals surface area contributed by atoms with Crippen LogP contribution in [-0.4, -0.2) is 0 Å². The number of thiophene rings is 1. The SMILES string of the molecule is Nc1cccc(-c2cccc3c2sc2ccccc23)c1. The molecule has 0 bridgehead atoms. The van der Waals surface area contributed by atoms with E-state index < -0.39 is 0 Å². The smallest absolute Gasteiger partial charge is 0.0433 e. The van der Waals surface area contributed by atoms with E-state index in [1.54, 1.807) is 0 Å². The molecule has 0 spiro atoms. The molecule has 0 unspecified atom stereocenters. The number of benzene rings is 3. The van der Waals surface area contributed by atoms with Crippen LogP contribution in [0.2, 0.25) is 0 Å². The first kappa shape index (κ1) is 11.5. The van der Waals surface area contributed by atoms with Crippen molar-refractivity contribution in [1.82, 2.24) is 0 Å². The second-order valence-corrected chi connectivity index (χ2v) is 5.96. The van der Waals surface area contributed by atoms with Crippen LogP contribution in [0.3, 0.4) is 0 Å². The molecule has 20 heavy (non-hydrogen) atoms. The second-order valence-electron chi connectivity index (χ2n) is 4.91. The van der Waals surface area contributed by atoms with Crippen LogP contribution in [0, 0.1) is 0 Å². The van der Waals surface area contributed by atoms with Crippen molar-refractivity contribution in [2.24, 2.45) is 0 Å². The Morgan fingerprint density at radius 2 is 1.55 bits per heavy atom. The number of hydrogen-bond donors (Lipinski definition) is 1. The van der Waals surface area contributed by atoms with Crippen LogP contribution >= 0.6 is 11.3 Å². The number of rotatable bonds is 1. The summed E-state index contributed by atoms with van der Waals surface area (Å²) in [5.74, 6) is 0. The van der Waals surface area contributed by atoms with E-state index in [0.717, 1.165) is 5.69 Å². The van der Waals surface area contributed by atoms with Crippen molar-refractivity contribution in [3.63, 3.8) is 0 Å². The predicted molar refractivity (Wildman–Crippen MR) is 89.2 cm³/mol. The quantitative estimate of drug-likeness (QED) is 0.468. The first-order chi connectivity index (χ1) is 9.83. The third-order valence-corrected chi connectivity index (χ3v) is 4.82. The molecule has 0 saturated carbocycles. The summed E-state index contributed by atoms with van der Waals surface area (Å²) in [6.07, 6.45) is 0. The maximum absolute atomic E-state index is 5.92. The molecule has 1 nitrogen and oxygen atoms in total. The molecule has 2 N–H and O–H groups in total. The molecule has 0 atom stereocenters. The molecule has 0 aliphatic heterocycles. The number of anilines is 1. The Labute approximate surface area is 121 Å². The van der Waals surface area contributed by atoms with Gasteiger partial charge in [-0.05, 0) is 29.3 Å². The van der Waals surface area contributed by atoms with Crippen LogP contribution < -0.4 is 5.73 Å². The minimum Gasteiger partial charge on any atom is -0.399 e. The van der Waals surface area contributed by atoms with Gasteiger partial charge in [0.05, 0.1) is 0 Å². The van der Waals surface area contributed by atoms with Gasteiger partial charge in [0.25, 0.3) is 0 Å². The molecule has 0 amide bonds. The summed E-state index contributed by atoms with van der Waals surface area (Å²) in [5, 5.41) is 2.66. The molecule has 4 aromatic rings. The Hall–Kier alpha value is -2.32. The average molecular weight is 275 g/mol. The van der Waals surface area contributed by atoms with E-state index in [1.807, 2.05) is 29.5 Å². The zero-order chi connectivity index (χ0) is 13.5. The molecular weight excluding hydrogens is 262 g/mol. The Morgan fingerprint density at radius 3 is 2.45 bits per heavy atom. The second kappa shape index (κ2) is 4.36. The number of nitrogens with two attached hydrogens (primary N) is 1. The molecule has 0 aliphatic rings. The van der Waals surface area contributed by atoms with Crippen molar-refractivity contribution >= 4 is 37.2 Å². The van der Waals surface area contributed by atoms with E-state index in [0.29, 0.717) is 0 Å². The van der Waals surface area contributed by atoms with E-state index in [2.05, 4.69) is 48.5 Å². The molecule has 1 heterocycles. The highest BCUT2D eigenvalue weighted by Gasteiger charge is 2.09. The summed E-state index contributed by atoms with van der Waals surface area (Å²) >= 11 is 1.85. The van der Waals surface area contributed by atoms with Crippen LogP contribution in [0.1, 0.15) is 0 Å². The first-order valence-electron chi connectivity index (χ1n) is 6.59. The minimum atomic E-state index is 0.806. The topological polar surface area (TPSA) is 26.0 Å². The molecule has 2 heteroatoms. The van der Waals surface area contributed by atoms with Crippen LogP contribution in [0.4, 0.5) is 5.69 Å². The lowest BCUT2D eigenvalue weighted by atomic mass is 10.0. The molecule has 0 aliphatic carbocycles. The summed E-state index contributed by atoms with van der Waals surface area (Å²) in [4.78, 5) is 0. The number of hydrogen-bond acceptors (Lipinski definition) is 2. The molecule has 1 aromatic heterocycles. The van der Waals surface area contributed by atoms with Crippen molar-refractivity contribution in [2.45, 2.75) is 0 Å². The summed E-state index contributed by atoms with van der Waals surface area (Å²) in [7, 11) is 0. The lowest BCUT2D eigenvalue weighted by molar-refractivity contribution is 1.66. The van der Waals surface area contributed by atoms with Gasteiger partial charge in [-0.3, -0.25) is 0 Å². The van der Waals surface area contributed by atoms with Gasteiger partial charge in [-0.25, -0.2) is 0 Å². The van der Waals surface area contributed by atoms with Gasteiger partial charge in [0.2, 0.25) is 0 Å². The van der Waals surface area contributed by atoms with Crippen molar-refractivity contribution in [1.29, 1.82) is 0 Å². The molecule has 96 valence electrons. The predicted octanol–water partition coefficient (Wildman–Crippen LogP) is 5.30. The molecule has 0 fully saturated rings. The van der Waals surface area contributed by atoms with Gasteiger partial charge in [-0.1, -0.05) is 48.5 Å². The minimum absolute atomic E-state index is 0.806. The van der Waals surface area contributed by atoms with Gasteiger partial charge in [0.15, 0.2) is 0 Å². The Balaban J connectivity index is 2.10. The van der Waals surface area contributed by atoms with Crippen molar-refractivity contribution < 1.29 is 0 Å². The van der Waals surface area contributed by atoms with Gasteiger partial charge in [0, 0.05) is 25.9 Å². The van der Waals surface area contributed by atoms with Crippen molar-refractivity contribution in [2.75, 3.05) is 5.73 Å². The average Bonchev–Trinajstić information content (AvgIpc) is 2.86. The Bertz CT molecular complexity index is 921. The zero-order valence-electron chi connectivity index (χ0n) is 10.8. The monoisotopic (exact) mass is 275 g/mol. The fourth-order valence-corrected chi connectivity index (χ4v) is 3.92. The third kappa shape index (κ3) is 1.69. The largest absolute Gasteiger partial charge is 0.399 e. The van der Waals surface area contributed by atoms with E-state index in [-0.39, 0.29) is 0 Å². The van der Waals surface area contributed by atoms with Crippen molar-refractivity contribution in [3.8, 4) is 11.1 Å². The molecule has 0 radical (unpaired) electrons. The number of nitrogen functional groups attached to an aromatic ring is 1. The molecule has 3 aromatic carbocycles. The van der Waals surface area contributed by atoms with Gasteiger partial charge < -0.3 is 5.73 Å².